The van der Waals surface area contributed by atoms with Gasteiger partial charge in [-0.2, -0.15) is 0 Å². The van der Waals surface area contributed by atoms with Gasteiger partial charge >= 0.3 is 11.7 Å². The molecule has 1 heterocycles. The Kier molecular flexibility index (Phi) is 4.43. The molecule has 1 aromatic heterocycles. The second-order valence-corrected chi connectivity index (χ2v) is 3.89. The van der Waals surface area contributed by atoms with Gasteiger partial charge in [0.1, 0.15) is 11.7 Å². The molecule has 98 valence electrons. The number of ether oxygens (including phenoxy) is 1. The Morgan fingerprint density at radius 3 is 2.78 bits per heavy atom. The number of hydrogen-bond acceptors (Lipinski definition) is 6. The highest BCUT2D eigenvalue weighted by Crippen LogP contribution is 2.33. The van der Waals surface area contributed by atoms with Crippen molar-refractivity contribution in [1.82, 2.24) is 4.98 Å². The third-order valence-corrected chi connectivity index (χ3v) is 2.82. The number of hydrogen-bond donors (Lipinski definition) is 0. The first-order valence-electron chi connectivity index (χ1n) is 4.99. The number of likely N-dealkylation sites (N-methyl/N-ethyl adjacent to an activating group) is 1. The van der Waals surface area contributed by atoms with Crippen molar-refractivity contribution in [2.75, 3.05) is 19.1 Å². The van der Waals surface area contributed by atoms with E-state index in [1.54, 1.807) is 14.0 Å². The van der Waals surface area contributed by atoms with Crippen molar-refractivity contribution in [2.45, 2.75) is 13.0 Å². The Hall–Kier alpha value is -1.89. The summed E-state index contributed by atoms with van der Waals surface area (Å²) in [6, 6.07) is 0.746. The largest absolute Gasteiger partial charge is 0.467 e. The summed E-state index contributed by atoms with van der Waals surface area (Å²) in [5.41, 5.74) is -0.129. The Balaban J connectivity index is 3.21. The van der Waals surface area contributed by atoms with E-state index in [4.69, 9.17) is 11.6 Å². The fraction of sp³-hybridized carbons (Fsp3) is 0.400. The lowest BCUT2D eigenvalue weighted by Crippen LogP contribution is -2.37. The summed E-state index contributed by atoms with van der Waals surface area (Å²) < 4.78 is 4.59. The van der Waals surface area contributed by atoms with Crippen LogP contribution in [0.3, 0.4) is 0 Å². The van der Waals surface area contributed by atoms with Gasteiger partial charge in [0.05, 0.1) is 12.0 Å². The molecule has 1 atom stereocenters. The first-order valence-corrected chi connectivity index (χ1v) is 5.37. The molecule has 0 bridgehead atoms. The van der Waals surface area contributed by atoms with Gasteiger partial charge in [-0.1, -0.05) is 11.6 Å². The number of pyridine rings is 1. The second-order valence-electron chi connectivity index (χ2n) is 3.54. The van der Waals surface area contributed by atoms with E-state index >= 15 is 0 Å². The normalized spacial score (nSPS) is 11.8. The van der Waals surface area contributed by atoms with Crippen molar-refractivity contribution in [1.29, 1.82) is 0 Å². The molecule has 0 unspecified atom stereocenters. The minimum absolute atomic E-state index is 0.206. The SMILES string of the molecule is COC(=O)[C@H](C)N(C)c1ccnc(Cl)c1[N+](=O)[O-]. The van der Waals surface area contributed by atoms with Gasteiger partial charge in [-0.25, -0.2) is 9.78 Å². The topological polar surface area (TPSA) is 85.6 Å². The molecule has 0 amide bonds. The van der Waals surface area contributed by atoms with Gasteiger partial charge in [0.2, 0.25) is 5.15 Å². The lowest BCUT2D eigenvalue weighted by atomic mass is 10.2. The average Bonchev–Trinajstić information content (AvgIpc) is 2.35. The minimum atomic E-state index is -0.674. The molecule has 0 aliphatic carbocycles. The standard InChI is InChI=1S/C10H12ClN3O4/c1-6(10(15)18-3)13(2)7-4-5-12-9(11)8(7)14(16)17/h4-6H,1-3H3/t6-/m0/s1. The third-order valence-electron chi connectivity index (χ3n) is 2.54. The molecule has 0 aromatic carbocycles. The van der Waals surface area contributed by atoms with Crippen molar-refractivity contribution >= 4 is 28.9 Å². The van der Waals surface area contributed by atoms with Gasteiger partial charge in [0.25, 0.3) is 0 Å². The summed E-state index contributed by atoms with van der Waals surface area (Å²) in [6.07, 6.45) is 1.34. The van der Waals surface area contributed by atoms with E-state index in [0.717, 1.165) is 0 Å². The molecule has 18 heavy (non-hydrogen) atoms. The number of esters is 1. The lowest BCUT2D eigenvalue weighted by molar-refractivity contribution is -0.384. The predicted octanol–water partition coefficient (Wildman–Crippen LogP) is 1.64. The monoisotopic (exact) mass is 273 g/mol. The molecule has 0 spiro atoms. The highest BCUT2D eigenvalue weighted by Gasteiger charge is 2.27. The fourth-order valence-corrected chi connectivity index (χ4v) is 1.63. The Labute approximate surface area is 108 Å². The zero-order valence-electron chi connectivity index (χ0n) is 10.1. The first-order chi connectivity index (χ1) is 8.40. The van der Waals surface area contributed by atoms with Crippen LogP contribution in [0.25, 0.3) is 0 Å². The van der Waals surface area contributed by atoms with Crippen LogP contribution < -0.4 is 4.90 Å². The van der Waals surface area contributed by atoms with Crippen LogP contribution in [0.15, 0.2) is 12.3 Å². The number of nitrogens with zero attached hydrogens (tertiary/aromatic N) is 3. The van der Waals surface area contributed by atoms with Crippen molar-refractivity contribution in [3.8, 4) is 0 Å². The average molecular weight is 274 g/mol. The van der Waals surface area contributed by atoms with Gasteiger partial charge in [0.15, 0.2) is 0 Å². The number of rotatable bonds is 4. The Morgan fingerprint density at radius 2 is 2.28 bits per heavy atom. The highest BCUT2D eigenvalue weighted by atomic mass is 35.5. The first kappa shape index (κ1) is 14.2. The van der Waals surface area contributed by atoms with Crippen LogP contribution in [0, 0.1) is 10.1 Å². The molecule has 1 aromatic rings. The molecule has 0 aliphatic heterocycles. The lowest BCUT2D eigenvalue weighted by Gasteiger charge is -2.24. The van der Waals surface area contributed by atoms with Crippen LogP contribution in [-0.2, 0) is 9.53 Å². The predicted molar refractivity (Wildman–Crippen MR) is 65.8 cm³/mol. The molecular formula is C10H12ClN3O4. The minimum Gasteiger partial charge on any atom is -0.467 e. The molecule has 0 aliphatic rings. The van der Waals surface area contributed by atoms with Crippen LogP contribution in [0.5, 0.6) is 0 Å². The molecule has 1 rings (SSSR count). The van der Waals surface area contributed by atoms with E-state index in [1.807, 2.05) is 0 Å². The number of nitro groups is 1. The van der Waals surface area contributed by atoms with Crippen LogP contribution in [-0.4, -0.2) is 36.1 Å². The Bertz CT molecular complexity index is 480. The highest BCUT2D eigenvalue weighted by molar-refractivity contribution is 6.32. The van der Waals surface area contributed by atoms with E-state index in [9.17, 15) is 14.9 Å². The molecule has 0 N–H and O–H groups in total. The van der Waals surface area contributed by atoms with E-state index < -0.39 is 16.9 Å². The zero-order valence-corrected chi connectivity index (χ0v) is 10.8. The maximum Gasteiger partial charge on any atom is 0.329 e. The number of halogens is 1. The smallest absolute Gasteiger partial charge is 0.329 e. The summed E-state index contributed by atoms with van der Waals surface area (Å²) in [6.45, 7) is 1.57. The number of carbonyl (C=O) groups is 1. The van der Waals surface area contributed by atoms with E-state index in [0.29, 0.717) is 0 Å². The van der Waals surface area contributed by atoms with E-state index in [-0.39, 0.29) is 16.5 Å². The summed E-state index contributed by atoms with van der Waals surface area (Å²) in [5.74, 6) is -0.500. The molecule has 0 radical (unpaired) electrons. The molecule has 0 saturated heterocycles. The fourth-order valence-electron chi connectivity index (χ4n) is 1.41. The molecule has 0 saturated carbocycles. The number of methoxy groups -OCH3 is 1. The number of aromatic nitrogens is 1. The molecular weight excluding hydrogens is 262 g/mol. The van der Waals surface area contributed by atoms with Gasteiger partial charge in [-0.05, 0) is 13.0 Å². The molecule has 7 nitrogen and oxygen atoms in total. The maximum absolute atomic E-state index is 11.4. The van der Waals surface area contributed by atoms with Crippen molar-refractivity contribution < 1.29 is 14.5 Å². The summed E-state index contributed by atoms with van der Waals surface area (Å²) in [5, 5.41) is 10.7. The van der Waals surface area contributed by atoms with E-state index in [1.165, 1.54) is 24.3 Å². The van der Waals surface area contributed by atoms with Gasteiger partial charge < -0.3 is 9.64 Å². The maximum atomic E-state index is 11.4. The number of anilines is 1. The van der Waals surface area contributed by atoms with Crippen molar-refractivity contribution in [3.63, 3.8) is 0 Å². The summed E-state index contributed by atoms with van der Waals surface area (Å²) >= 11 is 5.69. The van der Waals surface area contributed by atoms with Crippen LogP contribution >= 0.6 is 11.6 Å². The zero-order chi connectivity index (χ0) is 13.9. The van der Waals surface area contributed by atoms with Crippen LogP contribution in [0.1, 0.15) is 6.92 Å². The third kappa shape index (κ3) is 2.67. The second kappa shape index (κ2) is 5.63. The van der Waals surface area contributed by atoms with Crippen molar-refractivity contribution in [2.24, 2.45) is 0 Å². The summed E-state index contributed by atoms with van der Waals surface area (Å²) in [4.78, 5) is 26.8. The van der Waals surface area contributed by atoms with Crippen LogP contribution in [0.4, 0.5) is 11.4 Å². The Morgan fingerprint density at radius 1 is 1.67 bits per heavy atom. The molecule has 0 fully saturated rings. The molecule has 8 heteroatoms. The van der Waals surface area contributed by atoms with Crippen LogP contribution in [0.2, 0.25) is 5.15 Å². The van der Waals surface area contributed by atoms with Crippen molar-refractivity contribution in [3.05, 3.63) is 27.5 Å². The van der Waals surface area contributed by atoms with Gasteiger partial charge in [-0.3, -0.25) is 10.1 Å². The quantitative estimate of drug-likeness (QED) is 0.359. The number of carbonyl (C=O) groups excluding carboxylic acids is 1. The summed E-state index contributed by atoms with van der Waals surface area (Å²) in [7, 11) is 2.79. The van der Waals surface area contributed by atoms with Gasteiger partial charge in [-0.15, -0.1) is 0 Å². The van der Waals surface area contributed by atoms with Gasteiger partial charge in [0, 0.05) is 13.2 Å². The van der Waals surface area contributed by atoms with E-state index in [2.05, 4.69) is 9.72 Å².